The average Bonchev–Trinajstić information content (AvgIpc) is 2.43. The van der Waals surface area contributed by atoms with Crippen molar-refractivity contribution >= 4 is 17.6 Å². The van der Waals surface area contributed by atoms with Gasteiger partial charge in [0, 0.05) is 19.5 Å². The highest BCUT2D eigenvalue weighted by molar-refractivity contribution is 6.01. The quantitative estimate of drug-likeness (QED) is 0.445. The normalized spacial score (nSPS) is 9.74. The van der Waals surface area contributed by atoms with E-state index in [2.05, 4.69) is 21.9 Å². The predicted octanol–water partition coefficient (Wildman–Crippen LogP) is 1.58. The van der Waals surface area contributed by atoms with Gasteiger partial charge < -0.3 is 15.4 Å². The summed E-state index contributed by atoms with van der Waals surface area (Å²) in [4.78, 5) is 23.2. The number of hydrogen-bond acceptors (Lipinski definition) is 4. The highest BCUT2D eigenvalue weighted by Gasteiger charge is 2.12. The van der Waals surface area contributed by atoms with E-state index in [1.54, 1.807) is 30.3 Å². The first kappa shape index (κ1) is 14.9. The van der Waals surface area contributed by atoms with Crippen molar-refractivity contribution in [3.63, 3.8) is 0 Å². The highest BCUT2D eigenvalue weighted by Crippen LogP contribution is 2.16. The molecule has 102 valence electrons. The van der Waals surface area contributed by atoms with Crippen molar-refractivity contribution in [2.45, 2.75) is 6.42 Å². The van der Waals surface area contributed by atoms with Crippen LogP contribution in [0.25, 0.3) is 0 Å². The summed E-state index contributed by atoms with van der Waals surface area (Å²) in [6.07, 6.45) is 2.05. The fraction of sp³-hybridized carbons (Fsp3) is 0.286. The van der Waals surface area contributed by atoms with Gasteiger partial charge in [0.25, 0.3) is 0 Å². The van der Waals surface area contributed by atoms with Crippen molar-refractivity contribution in [1.29, 1.82) is 0 Å². The number of methoxy groups -OCH3 is 1. The second-order valence-electron chi connectivity index (χ2n) is 3.83. The Morgan fingerprint density at radius 2 is 2.11 bits per heavy atom. The largest absolute Gasteiger partial charge is 0.465 e. The first-order valence-electron chi connectivity index (χ1n) is 5.98. The van der Waals surface area contributed by atoms with E-state index in [9.17, 15) is 9.59 Å². The van der Waals surface area contributed by atoms with Crippen LogP contribution in [-0.4, -0.2) is 32.1 Å². The minimum Gasteiger partial charge on any atom is -0.465 e. The molecule has 0 aromatic heterocycles. The first-order valence-corrected chi connectivity index (χ1v) is 5.98. The second kappa shape index (κ2) is 8.05. The van der Waals surface area contributed by atoms with Crippen LogP contribution in [0.15, 0.2) is 36.9 Å². The van der Waals surface area contributed by atoms with Crippen molar-refractivity contribution in [2.75, 3.05) is 25.5 Å². The lowest BCUT2D eigenvalue weighted by atomic mass is 10.1. The maximum Gasteiger partial charge on any atom is 0.339 e. The Bertz CT molecular complexity index is 458. The fourth-order valence-corrected chi connectivity index (χ4v) is 1.50. The zero-order valence-electron chi connectivity index (χ0n) is 10.9. The molecule has 0 aliphatic rings. The molecule has 1 aromatic rings. The van der Waals surface area contributed by atoms with Crippen molar-refractivity contribution in [3.05, 3.63) is 42.5 Å². The second-order valence-corrected chi connectivity index (χ2v) is 3.83. The maximum atomic E-state index is 11.7. The smallest absolute Gasteiger partial charge is 0.339 e. The molecule has 5 nitrogen and oxygen atoms in total. The number of ether oxygens (including phenoxy) is 1. The number of carbonyl (C=O) groups excluding carboxylic acids is 2. The van der Waals surface area contributed by atoms with E-state index >= 15 is 0 Å². The molecule has 0 radical (unpaired) electrons. The van der Waals surface area contributed by atoms with Crippen molar-refractivity contribution in [2.24, 2.45) is 0 Å². The summed E-state index contributed by atoms with van der Waals surface area (Å²) in [7, 11) is 1.31. The SMILES string of the molecule is C=CCNCCC(=O)Nc1ccccc1C(=O)OC. The number of benzene rings is 1. The van der Waals surface area contributed by atoms with Crippen LogP contribution in [0.2, 0.25) is 0 Å². The summed E-state index contributed by atoms with van der Waals surface area (Å²) in [5, 5.41) is 5.73. The van der Waals surface area contributed by atoms with Gasteiger partial charge in [-0.05, 0) is 12.1 Å². The summed E-state index contributed by atoms with van der Waals surface area (Å²) in [5.74, 6) is -0.631. The Balaban J connectivity index is 2.58. The van der Waals surface area contributed by atoms with Gasteiger partial charge in [0.15, 0.2) is 0 Å². The van der Waals surface area contributed by atoms with Gasteiger partial charge >= 0.3 is 5.97 Å². The van der Waals surface area contributed by atoms with Crippen LogP contribution in [0.4, 0.5) is 5.69 Å². The summed E-state index contributed by atoms with van der Waals surface area (Å²) < 4.78 is 4.66. The summed E-state index contributed by atoms with van der Waals surface area (Å²) in [6.45, 7) is 4.78. The Morgan fingerprint density at radius 1 is 1.37 bits per heavy atom. The molecular formula is C14H18N2O3. The molecule has 0 bridgehead atoms. The third kappa shape index (κ3) is 4.93. The van der Waals surface area contributed by atoms with Crippen LogP contribution in [0.1, 0.15) is 16.8 Å². The zero-order valence-corrected chi connectivity index (χ0v) is 10.9. The molecular weight excluding hydrogens is 244 g/mol. The van der Waals surface area contributed by atoms with Crippen LogP contribution >= 0.6 is 0 Å². The molecule has 1 aromatic carbocycles. The van der Waals surface area contributed by atoms with E-state index in [1.165, 1.54) is 7.11 Å². The number of hydrogen-bond donors (Lipinski definition) is 2. The number of anilines is 1. The standard InChI is InChI=1S/C14H18N2O3/c1-3-9-15-10-8-13(17)16-12-7-5-4-6-11(12)14(18)19-2/h3-7,15H,1,8-10H2,2H3,(H,16,17). The van der Waals surface area contributed by atoms with Crippen LogP contribution in [0, 0.1) is 0 Å². The van der Waals surface area contributed by atoms with Crippen LogP contribution in [-0.2, 0) is 9.53 Å². The lowest BCUT2D eigenvalue weighted by Crippen LogP contribution is -2.22. The topological polar surface area (TPSA) is 67.4 Å². The van der Waals surface area contributed by atoms with Crippen molar-refractivity contribution in [3.8, 4) is 0 Å². The molecule has 0 fully saturated rings. The molecule has 2 N–H and O–H groups in total. The van der Waals surface area contributed by atoms with Gasteiger partial charge in [-0.3, -0.25) is 4.79 Å². The first-order chi connectivity index (χ1) is 9.19. The van der Waals surface area contributed by atoms with E-state index < -0.39 is 5.97 Å². The minimum absolute atomic E-state index is 0.159. The Labute approximate surface area is 112 Å². The monoisotopic (exact) mass is 262 g/mol. The van der Waals surface area contributed by atoms with Crippen LogP contribution < -0.4 is 10.6 Å². The van der Waals surface area contributed by atoms with Gasteiger partial charge in [0.05, 0.1) is 18.4 Å². The number of amides is 1. The number of esters is 1. The van der Waals surface area contributed by atoms with Crippen LogP contribution in [0.3, 0.4) is 0 Å². The number of rotatable bonds is 7. The Morgan fingerprint density at radius 3 is 2.79 bits per heavy atom. The summed E-state index contributed by atoms with van der Waals surface area (Å²) >= 11 is 0. The molecule has 0 unspecified atom stereocenters. The fourth-order valence-electron chi connectivity index (χ4n) is 1.50. The van der Waals surface area contributed by atoms with E-state index in [0.29, 0.717) is 30.8 Å². The molecule has 0 aliphatic carbocycles. The van der Waals surface area contributed by atoms with Gasteiger partial charge in [0.2, 0.25) is 5.91 Å². The third-order valence-electron chi connectivity index (χ3n) is 2.42. The van der Waals surface area contributed by atoms with Crippen molar-refractivity contribution in [1.82, 2.24) is 5.32 Å². The molecule has 1 amide bonds. The van der Waals surface area contributed by atoms with Crippen LogP contribution in [0.5, 0.6) is 0 Å². The summed E-state index contributed by atoms with van der Waals surface area (Å²) in [5.41, 5.74) is 0.806. The molecule has 0 saturated carbocycles. The Hall–Kier alpha value is -2.14. The average molecular weight is 262 g/mol. The third-order valence-corrected chi connectivity index (χ3v) is 2.42. The maximum absolute atomic E-state index is 11.7. The van der Waals surface area contributed by atoms with Gasteiger partial charge in [-0.1, -0.05) is 18.2 Å². The minimum atomic E-state index is -0.472. The lowest BCUT2D eigenvalue weighted by Gasteiger charge is -2.09. The molecule has 0 saturated heterocycles. The number of para-hydroxylation sites is 1. The lowest BCUT2D eigenvalue weighted by molar-refractivity contribution is -0.116. The van der Waals surface area contributed by atoms with Crippen molar-refractivity contribution < 1.29 is 14.3 Å². The number of carbonyl (C=O) groups is 2. The zero-order chi connectivity index (χ0) is 14.1. The van der Waals surface area contributed by atoms with E-state index in [-0.39, 0.29) is 5.91 Å². The molecule has 5 heteroatoms. The van der Waals surface area contributed by atoms with Gasteiger partial charge in [0.1, 0.15) is 0 Å². The Kier molecular flexibility index (Phi) is 6.32. The molecule has 0 heterocycles. The molecule has 0 spiro atoms. The molecule has 0 aliphatic heterocycles. The van der Waals surface area contributed by atoms with E-state index in [1.807, 2.05) is 0 Å². The summed E-state index contributed by atoms with van der Waals surface area (Å²) in [6, 6.07) is 6.74. The van der Waals surface area contributed by atoms with E-state index in [4.69, 9.17) is 0 Å². The van der Waals surface area contributed by atoms with E-state index in [0.717, 1.165) is 0 Å². The van der Waals surface area contributed by atoms with Gasteiger partial charge in [-0.15, -0.1) is 6.58 Å². The molecule has 19 heavy (non-hydrogen) atoms. The highest BCUT2D eigenvalue weighted by atomic mass is 16.5. The molecule has 1 rings (SSSR count). The van der Waals surface area contributed by atoms with Gasteiger partial charge in [-0.25, -0.2) is 4.79 Å². The predicted molar refractivity (Wildman–Crippen MR) is 74.1 cm³/mol. The number of nitrogens with one attached hydrogen (secondary N) is 2. The molecule has 0 atom stereocenters. The van der Waals surface area contributed by atoms with Gasteiger partial charge in [-0.2, -0.15) is 0 Å².